The highest BCUT2D eigenvalue weighted by molar-refractivity contribution is 14.0. The minimum atomic E-state index is -0.0942. The average Bonchev–Trinajstić information content (AvgIpc) is 2.64. The number of nitrogens with zero attached hydrogens (tertiary/aromatic N) is 1. The van der Waals surface area contributed by atoms with E-state index in [1.807, 2.05) is 19.1 Å². The normalized spacial score (nSPS) is 10.9. The molecule has 0 aliphatic heterocycles. The third-order valence-electron chi connectivity index (χ3n) is 3.28. The van der Waals surface area contributed by atoms with Gasteiger partial charge in [-0.05, 0) is 31.5 Å². The van der Waals surface area contributed by atoms with Crippen molar-refractivity contribution < 1.29 is 14.3 Å². The third kappa shape index (κ3) is 13.0. The van der Waals surface area contributed by atoms with Gasteiger partial charge in [0.25, 0.3) is 5.91 Å². The van der Waals surface area contributed by atoms with E-state index in [2.05, 4.69) is 36.9 Å². The van der Waals surface area contributed by atoms with E-state index in [1.165, 1.54) is 0 Å². The van der Waals surface area contributed by atoms with E-state index in [9.17, 15) is 4.79 Å². The van der Waals surface area contributed by atoms with E-state index in [4.69, 9.17) is 9.47 Å². The van der Waals surface area contributed by atoms with Gasteiger partial charge in [0.05, 0.1) is 13.2 Å². The second-order valence-electron chi connectivity index (χ2n) is 5.41. The van der Waals surface area contributed by atoms with Crippen LogP contribution in [-0.4, -0.2) is 65.0 Å². The Morgan fingerprint density at radius 2 is 1.93 bits per heavy atom. The molecule has 0 atom stereocenters. The average molecular weight is 557 g/mol. The maximum Gasteiger partial charge on any atom is 0.251 e. The summed E-state index contributed by atoms with van der Waals surface area (Å²) in [5.74, 6) is 0.643. The minimum absolute atomic E-state index is 0. The van der Waals surface area contributed by atoms with E-state index in [-0.39, 0.29) is 29.9 Å². The van der Waals surface area contributed by atoms with Crippen molar-refractivity contribution in [3.63, 3.8) is 0 Å². The summed E-state index contributed by atoms with van der Waals surface area (Å²) in [6.07, 6.45) is 0.847. The van der Waals surface area contributed by atoms with Crippen LogP contribution in [-0.2, 0) is 9.47 Å². The van der Waals surface area contributed by atoms with Gasteiger partial charge in [-0.3, -0.25) is 9.79 Å². The number of carbonyl (C=O) groups excluding carboxylic acids is 1. The SMILES string of the molecule is CCNC(=NCCCOCCOC)NCCNC(=O)c1cccc(Br)c1.I. The number of aliphatic imine (C=N–C) groups is 1. The predicted molar refractivity (Wildman–Crippen MR) is 123 cm³/mol. The Morgan fingerprint density at radius 3 is 2.63 bits per heavy atom. The van der Waals surface area contributed by atoms with Crippen molar-refractivity contribution in [2.24, 2.45) is 4.99 Å². The van der Waals surface area contributed by atoms with E-state index >= 15 is 0 Å². The van der Waals surface area contributed by atoms with Crippen LogP contribution in [0.15, 0.2) is 33.7 Å². The summed E-state index contributed by atoms with van der Waals surface area (Å²) in [7, 11) is 1.66. The number of ether oxygens (including phenoxy) is 2. The molecule has 0 fully saturated rings. The van der Waals surface area contributed by atoms with E-state index in [0.29, 0.717) is 45.0 Å². The Labute approximate surface area is 187 Å². The van der Waals surface area contributed by atoms with Gasteiger partial charge in [-0.2, -0.15) is 0 Å². The predicted octanol–water partition coefficient (Wildman–Crippen LogP) is 2.41. The number of benzene rings is 1. The number of nitrogens with one attached hydrogen (secondary N) is 3. The number of carbonyl (C=O) groups is 1. The van der Waals surface area contributed by atoms with E-state index < -0.39 is 0 Å². The second-order valence-corrected chi connectivity index (χ2v) is 6.33. The first-order chi connectivity index (χ1) is 12.7. The molecular weight excluding hydrogens is 527 g/mol. The lowest BCUT2D eigenvalue weighted by Gasteiger charge is -2.12. The molecule has 1 aromatic rings. The van der Waals surface area contributed by atoms with Crippen LogP contribution in [0.1, 0.15) is 23.7 Å². The lowest BCUT2D eigenvalue weighted by molar-refractivity contribution is 0.0702. The van der Waals surface area contributed by atoms with Gasteiger partial charge in [-0.1, -0.05) is 22.0 Å². The molecule has 0 bridgehead atoms. The fraction of sp³-hybridized carbons (Fsp3) is 0.556. The van der Waals surface area contributed by atoms with Crippen LogP contribution >= 0.6 is 39.9 Å². The zero-order valence-corrected chi connectivity index (χ0v) is 19.8. The van der Waals surface area contributed by atoms with Crippen LogP contribution in [0.4, 0.5) is 0 Å². The lowest BCUT2D eigenvalue weighted by atomic mass is 10.2. The van der Waals surface area contributed by atoms with Crippen LogP contribution < -0.4 is 16.0 Å². The van der Waals surface area contributed by atoms with Crippen molar-refractivity contribution in [3.05, 3.63) is 34.3 Å². The van der Waals surface area contributed by atoms with Crippen LogP contribution in [0.2, 0.25) is 0 Å². The highest BCUT2D eigenvalue weighted by Crippen LogP contribution is 2.11. The molecule has 0 radical (unpaired) electrons. The molecule has 3 N–H and O–H groups in total. The van der Waals surface area contributed by atoms with Gasteiger partial charge in [0, 0.05) is 49.9 Å². The summed E-state index contributed by atoms with van der Waals surface area (Å²) < 4.78 is 11.2. The van der Waals surface area contributed by atoms with Gasteiger partial charge in [-0.15, -0.1) is 24.0 Å². The second kappa shape index (κ2) is 17.2. The van der Waals surface area contributed by atoms with E-state index in [1.54, 1.807) is 19.2 Å². The van der Waals surface area contributed by atoms with Crippen molar-refractivity contribution >= 4 is 51.8 Å². The van der Waals surface area contributed by atoms with E-state index in [0.717, 1.165) is 23.4 Å². The Bertz CT molecular complexity index is 561. The molecule has 1 rings (SSSR count). The quantitative estimate of drug-likeness (QED) is 0.159. The molecule has 0 spiro atoms. The fourth-order valence-corrected chi connectivity index (χ4v) is 2.43. The van der Waals surface area contributed by atoms with Gasteiger partial charge in [0.2, 0.25) is 0 Å². The summed E-state index contributed by atoms with van der Waals surface area (Å²) in [6.45, 7) is 6.45. The van der Waals surface area contributed by atoms with Crippen molar-refractivity contribution in [1.82, 2.24) is 16.0 Å². The highest BCUT2D eigenvalue weighted by Gasteiger charge is 2.05. The molecule has 0 aromatic heterocycles. The van der Waals surface area contributed by atoms with Crippen molar-refractivity contribution in [1.29, 1.82) is 0 Å². The molecule has 154 valence electrons. The number of guanidine groups is 1. The van der Waals surface area contributed by atoms with Gasteiger partial charge >= 0.3 is 0 Å². The molecule has 0 aliphatic rings. The van der Waals surface area contributed by atoms with Crippen LogP contribution in [0.25, 0.3) is 0 Å². The topological polar surface area (TPSA) is 84.0 Å². The number of hydrogen-bond acceptors (Lipinski definition) is 4. The fourth-order valence-electron chi connectivity index (χ4n) is 2.03. The van der Waals surface area contributed by atoms with Crippen LogP contribution in [0.3, 0.4) is 0 Å². The summed E-state index contributed by atoms with van der Waals surface area (Å²) in [5, 5.41) is 9.27. The monoisotopic (exact) mass is 556 g/mol. The minimum Gasteiger partial charge on any atom is -0.382 e. The molecular formula is C18H30BrIN4O3. The van der Waals surface area contributed by atoms with Crippen LogP contribution in [0.5, 0.6) is 0 Å². The van der Waals surface area contributed by atoms with Crippen LogP contribution in [0, 0.1) is 0 Å². The first-order valence-electron chi connectivity index (χ1n) is 8.80. The molecule has 9 heteroatoms. The Hall–Kier alpha value is -0.910. The maximum atomic E-state index is 12.1. The summed E-state index contributed by atoms with van der Waals surface area (Å²) in [4.78, 5) is 16.5. The number of methoxy groups -OCH3 is 1. The van der Waals surface area contributed by atoms with Crippen molar-refractivity contribution in [3.8, 4) is 0 Å². The molecule has 0 saturated heterocycles. The molecule has 0 saturated carbocycles. The molecule has 0 unspecified atom stereocenters. The first-order valence-corrected chi connectivity index (χ1v) is 9.59. The summed E-state index contributed by atoms with van der Waals surface area (Å²) in [6, 6.07) is 7.31. The number of halogens is 2. The molecule has 1 aromatic carbocycles. The first kappa shape index (κ1) is 26.1. The standard InChI is InChI=1S/C18H29BrN4O3.HI/c1-3-20-18(22-8-5-11-26-13-12-25-2)23-10-9-21-17(24)15-6-4-7-16(19)14-15;/h4,6-7,14H,3,5,8-13H2,1-2H3,(H,21,24)(H2,20,22,23);1H. The largest absolute Gasteiger partial charge is 0.382 e. The molecule has 27 heavy (non-hydrogen) atoms. The van der Waals surface area contributed by atoms with Gasteiger partial charge in [0.1, 0.15) is 0 Å². The van der Waals surface area contributed by atoms with Crippen molar-refractivity contribution in [2.75, 3.05) is 53.1 Å². The summed E-state index contributed by atoms with van der Waals surface area (Å²) in [5.41, 5.74) is 0.633. The smallest absolute Gasteiger partial charge is 0.251 e. The molecule has 1 amide bonds. The van der Waals surface area contributed by atoms with Gasteiger partial charge in [0.15, 0.2) is 5.96 Å². The Balaban J connectivity index is 0.00000676. The molecule has 0 aliphatic carbocycles. The zero-order chi connectivity index (χ0) is 19.0. The Morgan fingerprint density at radius 1 is 1.15 bits per heavy atom. The zero-order valence-electron chi connectivity index (χ0n) is 15.9. The number of rotatable bonds is 12. The lowest BCUT2D eigenvalue weighted by Crippen LogP contribution is -2.41. The molecule has 0 heterocycles. The van der Waals surface area contributed by atoms with Gasteiger partial charge in [-0.25, -0.2) is 0 Å². The third-order valence-corrected chi connectivity index (χ3v) is 3.78. The number of hydrogen-bond donors (Lipinski definition) is 3. The molecule has 7 nitrogen and oxygen atoms in total. The van der Waals surface area contributed by atoms with Crippen molar-refractivity contribution in [2.45, 2.75) is 13.3 Å². The maximum absolute atomic E-state index is 12.1. The Kier molecular flexibility index (Phi) is 16.6. The summed E-state index contributed by atoms with van der Waals surface area (Å²) >= 11 is 3.36. The number of amides is 1. The highest BCUT2D eigenvalue weighted by atomic mass is 127. The van der Waals surface area contributed by atoms with Gasteiger partial charge < -0.3 is 25.4 Å².